The molecule has 6 nitrogen and oxygen atoms in total. The number of hydrogen-bond donors (Lipinski definition) is 2. The van der Waals surface area contributed by atoms with Crippen molar-refractivity contribution in [2.45, 2.75) is 25.7 Å². The highest BCUT2D eigenvalue weighted by Gasteiger charge is 2.41. The van der Waals surface area contributed by atoms with Crippen LogP contribution in [0.2, 0.25) is 5.02 Å². The maximum absolute atomic E-state index is 12.4. The molecule has 1 aromatic rings. The first kappa shape index (κ1) is 17.9. The lowest BCUT2D eigenvalue weighted by atomic mass is 9.80. The van der Waals surface area contributed by atoms with E-state index in [0.29, 0.717) is 43.1 Å². The van der Waals surface area contributed by atoms with Gasteiger partial charge in [-0.05, 0) is 37.0 Å². The van der Waals surface area contributed by atoms with E-state index in [2.05, 4.69) is 5.32 Å². The number of carboxylic acids is 1. The zero-order chi connectivity index (χ0) is 18.0. The van der Waals surface area contributed by atoms with E-state index in [1.807, 2.05) is 6.07 Å². The summed E-state index contributed by atoms with van der Waals surface area (Å²) in [5.74, 6) is -1.71. The number of rotatable bonds is 5. The van der Waals surface area contributed by atoms with E-state index in [0.717, 1.165) is 5.56 Å². The molecule has 2 N–H and O–H groups in total. The molecule has 0 radical (unpaired) electrons. The van der Waals surface area contributed by atoms with E-state index in [9.17, 15) is 19.5 Å². The Balaban J connectivity index is 1.58. The molecule has 1 heterocycles. The Labute approximate surface area is 150 Å². The second kappa shape index (κ2) is 7.14. The van der Waals surface area contributed by atoms with Crippen molar-refractivity contribution in [2.75, 3.05) is 19.8 Å². The Morgan fingerprint density at radius 3 is 2.72 bits per heavy atom. The van der Waals surface area contributed by atoms with E-state index >= 15 is 0 Å². The summed E-state index contributed by atoms with van der Waals surface area (Å²) < 4.78 is 5.22. The van der Waals surface area contributed by atoms with Crippen molar-refractivity contribution in [3.8, 4) is 0 Å². The van der Waals surface area contributed by atoms with E-state index in [1.165, 1.54) is 0 Å². The standard InChI is InChI=1S/C18H20ClNO5/c19-13-2-1-11-7-12(16(22)14(11)9-13)8-15(21)20-10-18(17(23)24)3-5-25-6-4-18/h1-2,9,12H,3-8,10H2,(H,20,21)(H,23,24). The van der Waals surface area contributed by atoms with Crippen LogP contribution in [-0.2, 0) is 20.7 Å². The number of Topliss-reactive ketones (excluding diaryl/α,β-unsaturated/α-hetero) is 1. The molecule has 2 aliphatic rings. The molecule has 1 saturated heterocycles. The molecule has 3 rings (SSSR count). The summed E-state index contributed by atoms with van der Waals surface area (Å²) in [5.41, 5.74) is 0.500. The van der Waals surface area contributed by atoms with Gasteiger partial charge in [-0.3, -0.25) is 14.4 Å². The third-order valence-corrected chi connectivity index (χ3v) is 5.37. The minimum absolute atomic E-state index is 0.0529. The number of fused-ring (bicyclic) bond motifs is 1. The van der Waals surface area contributed by atoms with Crippen LogP contribution in [0.3, 0.4) is 0 Å². The highest BCUT2D eigenvalue weighted by Crippen LogP contribution is 2.32. The van der Waals surface area contributed by atoms with Gasteiger partial charge in [0.1, 0.15) is 0 Å². The van der Waals surface area contributed by atoms with Gasteiger partial charge >= 0.3 is 5.97 Å². The predicted molar refractivity (Wildman–Crippen MR) is 90.7 cm³/mol. The SMILES string of the molecule is O=C(CC1Cc2ccc(Cl)cc2C1=O)NCC1(C(=O)O)CCOCC1. The summed E-state index contributed by atoms with van der Waals surface area (Å²) in [6.45, 7) is 0.808. The molecule has 1 aliphatic carbocycles. The maximum Gasteiger partial charge on any atom is 0.311 e. The molecule has 0 aromatic heterocycles. The van der Waals surface area contributed by atoms with Gasteiger partial charge in [-0.25, -0.2) is 0 Å². The monoisotopic (exact) mass is 365 g/mol. The van der Waals surface area contributed by atoms with Crippen LogP contribution in [0.25, 0.3) is 0 Å². The summed E-state index contributed by atoms with van der Waals surface area (Å²) in [6, 6.07) is 5.19. The van der Waals surface area contributed by atoms with Crippen molar-refractivity contribution >= 4 is 29.3 Å². The Kier molecular flexibility index (Phi) is 5.11. The van der Waals surface area contributed by atoms with Gasteiger partial charge in [0, 0.05) is 42.7 Å². The van der Waals surface area contributed by atoms with Gasteiger partial charge in [0.2, 0.25) is 5.91 Å². The fourth-order valence-electron chi connectivity index (χ4n) is 3.49. The normalized spacial score (nSPS) is 21.6. The zero-order valence-electron chi connectivity index (χ0n) is 13.7. The van der Waals surface area contributed by atoms with Crippen LogP contribution in [0.5, 0.6) is 0 Å². The lowest BCUT2D eigenvalue weighted by molar-refractivity contribution is -0.154. The minimum Gasteiger partial charge on any atom is -0.481 e. The predicted octanol–water partition coefficient (Wildman–Crippen LogP) is 2.08. The number of nitrogens with one attached hydrogen (secondary N) is 1. The number of carbonyl (C=O) groups is 3. The summed E-state index contributed by atoms with van der Waals surface area (Å²) >= 11 is 5.93. The van der Waals surface area contributed by atoms with E-state index < -0.39 is 17.3 Å². The smallest absolute Gasteiger partial charge is 0.311 e. The van der Waals surface area contributed by atoms with Crippen molar-refractivity contribution in [1.29, 1.82) is 0 Å². The number of amides is 1. The fraction of sp³-hybridized carbons (Fsp3) is 0.500. The number of aliphatic carboxylic acids is 1. The minimum atomic E-state index is -0.982. The Hall–Kier alpha value is -1.92. The first-order valence-corrected chi connectivity index (χ1v) is 8.69. The van der Waals surface area contributed by atoms with Gasteiger partial charge in [-0.1, -0.05) is 17.7 Å². The molecule has 1 unspecified atom stereocenters. The summed E-state index contributed by atoms with van der Waals surface area (Å²) in [5, 5.41) is 12.7. The lowest BCUT2D eigenvalue weighted by Crippen LogP contribution is -2.46. The molecule has 1 atom stereocenters. The molecule has 134 valence electrons. The summed E-state index contributed by atoms with van der Waals surface area (Å²) in [6.07, 6.45) is 1.30. The third-order valence-electron chi connectivity index (χ3n) is 5.13. The topological polar surface area (TPSA) is 92.7 Å². The van der Waals surface area contributed by atoms with Gasteiger partial charge in [0.15, 0.2) is 5.78 Å². The molecule has 7 heteroatoms. The molecule has 0 bridgehead atoms. The molecule has 0 saturated carbocycles. The van der Waals surface area contributed by atoms with Crippen LogP contribution in [0.4, 0.5) is 0 Å². The number of carbonyl (C=O) groups excluding carboxylic acids is 2. The number of carboxylic acid groups (broad SMARTS) is 1. The maximum atomic E-state index is 12.4. The van der Waals surface area contributed by atoms with Crippen molar-refractivity contribution in [2.24, 2.45) is 11.3 Å². The van der Waals surface area contributed by atoms with Gasteiger partial charge in [-0.2, -0.15) is 0 Å². The van der Waals surface area contributed by atoms with Crippen molar-refractivity contribution in [3.63, 3.8) is 0 Å². The number of benzene rings is 1. The Morgan fingerprint density at radius 2 is 2.04 bits per heavy atom. The van der Waals surface area contributed by atoms with E-state index in [4.69, 9.17) is 16.3 Å². The average molecular weight is 366 g/mol. The number of ketones is 1. The molecular formula is C18H20ClNO5. The number of hydrogen-bond acceptors (Lipinski definition) is 4. The molecule has 1 amide bonds. The van der Waals surface area contributed by atoms with Gasteiger partial charge in [0.05, 0.1) is 5.41 Å². The Morgan fingerprint density at radius 1 is 1.32 bits per heavy atom. The van der Waals surface area contributed by atoms with Crippen LogP contribution in [0.1, 0.15) is 35.2 Å². The number of halogens is 1. The van der Waals surface area contributed by atoms with E-state index in [1.54, 1.807) is 12.1 Å². The highest BCUT2D eigenvalue weighted by molar-refractivity contribution is 6.31. The summed E-state index contributed by atoms with van der Waals surface area (Å²) in [7, 11) is 0. The molecule has 1 fully saturated rings. The molecular weight excluding hydrogens is 346 g/mol. The van der Waals surface area contributed by atoms with Crippen LogP contribution in [-0.4, -0.2) is 42.5 Å². The highest BCUT2D eigenvalue weighted by atomic mass is 35.5. The second-order valence-corrected chi connectivity index (χ2v) is 7.18. The zero-order valence-corrected chi connectivity index (χ0v) is 14.5. The van der Waals surface area contributed by atoms with Crippen LogP contribution in [0, 0.1) is 11.3 Å². The molecule has 1 aromatic carbocycles. The van der Waals surface area contributed by atoms with Gasteiger partial charge in [0.25, 0.3) is 0 Å². The summed E-state index contributed by atoms with van der Waals surface area (Å²) in [4.78, 5) is 36.3. The molecule has 1 aliphatic heterocycles. The first-order chi connectivity index (χ1) is 11.9. The second-order valence-electron chi connectivity index (χ2n) is 6.75. The number of ether oxygens (including phenoxy) is 1. The first-order valence-electron chi connectivity index (χ1n) is 8.32. The largest absolute Gasteiger partial charge is 0.481 e. The quantitative estimate of drug-likeness (QED) is 0.833. The van der Waals surface area contributed by atoms with Crippen LogP contribution < -0.4 is 5.32 Å². The van der Waals surface area contributed by atoms with Gasteiger partial charge < -0.3 is 15.2 Å². The lowest BCUT2D eigenvalue weighted by Gasteiger charge is -2.33. The van der Waals surface area contributed by atoms with Gasteiger partial charge in [-0.15, -0.1) is 0 Å². The van der Waals surface area contributed by atoms with Crippen molar-refractivity contribution in [1.82, 2.24) is 5.32 Å². The van der Waals surface area contributed by atoms with Crippen LogP contribution in [0.15, 0.2) is 18.2 Å². The van der Waals surface area contributed by atoms with Crippen molar-refractivity contribution < 1.29 is 24.2 Å². The fourth-order valence-corrected chi connectivity index (χ4v) is 3.66. The molecule has 25 heavy (non-hydrogen) atoms. The van der Waals surface area contributed by atoms with Crippen LogP contribution >= 0.6 is 11.6 Å². The Bertz CT molecular complexity index is 711. The van der Waals surface area contributed by atoms with E-state index in [-0.39, 0.29) is 24.7 Å². The van der Waals surface area contributed by atoms with Crippen molar-refractivity contribution in [3.05, 3.63) is 34.3 Å². The average Bonchev–Trinajstić information content (AvgIpc) is 2.89. The third kappa shape index (κ3) is 3.70. The molecule has 0 spiro atoms.